The molecule has 1 saturated heterocycles. The van der Waals surface area contributed by atoms with Gasteiger partial charge in [-0.2, -0.15) is 5.10 Å². The number of benzene rings is 2. The molecule has 13 heteroatoms. The van der Waals surface area contributed by atoms with Gasteiger partial charge < -0.3 is 26.2 Å². The Morgan fingerprint density at radius 1 is 0.913 bits per heavy atom. The van der Waals surface area contributed by atoms with Crippen molar-refractivity contribution in [3.05, 3.63) is 93.5 Å². The number of aromatic nitrogens is 3. The fourth-order valence-corrected chi connectivity index (χ4v) is 6.56. The first-order valence-electron chi connectivity index (χ1n) is 15.3. The Bertz CT molecular complexity index is 1730. The number of hydrogen-bond acceptors (Lipinski definition) is 8. The number of anilines is 2. The lowest BCUT2D eigenvalue weighted by atomic mass is 10.0. The van der Waals surface area contributed by atoms with E-state index in [-0.39, 0.29) is 35.4 Å². The van der Waals surface area contributed by atoms with Gasteiger partial charge in [-0.05, 0) is 49.1 Å². The smallest absolute Gasteiger partial charge is 0.276 e. The number of carbonyl (C=O) groups excluding carboxylic acids is 2. The summed E-state index contributed by atoms with van der Waals surface area (Å²) in [6, 6.07) is 15.9. The second-order valence-corrected chi connectivity index (χ2v) is 12.2. The van der Waals surface area contributed by atoms with Gasteiger partial charge in [0.15, 0.2) is 5.69 Å². The molecule has 6 rings (SSSR count). The second-order valence-electron chi connectivity index (χ2n) is 11.5. The van der Waals surface area contributed by atoms with Crippen LogP contribution in [0.15, 0.2) is 60.8 Å². The van der Waals surface area contributed by atoms with Crippen molar-refractivity contribution in [1.29, 1.82) is 0 Å². The molecule has 11 nitrogen and oxygen atoms in total. The lowest BCUT2D eigenvalue weighted by Gasteiger charge is -2.31. The van der Waals surface area contributed by atoms with Crippen LogP contribution in [0.2, 0.25) is 10.0 Å². The number of aliphatic hydroxyl groups excluding tert-OH is 2. The van der Waals surface area contributed by atoms with Gasteiger partial charge >= 0.3 is 0 Å². The number of nitrogens with zero attached hydrogens (tertiary/aromatic N) is 4. The number of aliphatic hydroxyl groups is 2. The molecule has 2 atom stereocenters. The summed E-state index contributed by atoms with van der Waals surface area (Å²) in [5.74, 6) is -0.803. The second kappa shape index (κ2) is 14.3. The molecule has 46 heavy (non-hydrogen) atoms. The highest BCUT2D eigenvalue weighted by Gasteiger charge is 2.33. The summed E-state index contributed by atoms with van der Waals surface area (Å²) in [5, 5.41) is 32.9. The zero-order valence-corrected chi connectivity index (χ0v) is 26.6. The topological polar surface area (TPSA) is 145 Å². The summed E-state index contributed by atoms with van der Waals surface area (Å²) in [6.07, 6.45) is 3.95. The molecule has 2 aromatic heterocycles. The van der Waals surface area contributed by atoms with Crippen LogP contribution in [0.3, 0.4) is 0 Å². The maximum absolute atomic E-state index is 13.4. The van der Waals surface area contributed by atoms with Crippen molar-refractivity contribution in [1.82, 2.24) is 25.0 Å². The van der Waals surface area contributed by atoms with Gasteiger partial charge in [0, 0.05) is 50.0 Å². The van der Waals surface area contributed by atoms with Gasteiger partial charge in [0.2, 0.25) is 0 Å². The number of carbonyl (C=O) groups is 2. The van der Waals surface area contributed by atoms with Crippen molar-refractivity contribution in [3.63, 3.8) is 0 Å². The Morgan fingerprint density at radius 2 is 1.61 bits per heavy atom. The molecule has 4 heterocycles. The molecule has 0 saturated carbocycles. The van der Waals surface area contributed by atoms with E-state index in [4.69, 9.17) is 28.3 Å². The first-order chi connectivity index (χ1) is 22.3. The Hall–Kier alpha value is -3.84. The van der Waals surface area contributed by atoms with Gasteiger partial charge in [-0.25, -0.2) is 0 Å². The lowest BCUT2D eigenvalue weighted by Crippen LogP contribution is -2.32. The highest BCUT2D eigenvalue weighted by atomic mass is 35.5. The van der Waals surface area contributed by atoms with Crippen LogP contribution >= 0.6 is 23.2 Å². The van der Waals surface area contributed by atoms with Crippen LogP contribution in [0, 0.1) is 0 Å². The molecule has 2 aliphatic rings. The summed E-state index contributed by atoms with van der Waals surface area (Å²) in [7, 11) is 0. The van der Waals surface area contributed by atoms with E-state index in [0.717, 1.165) is 43.6 Å². The van der Waals surface area contributed by atoms with Crippen LogP contribution < -0.4 is 16.0 Å². The number of fused-ring (bicyclic) bond motifs is 1. The zero-order valence-electron chi connectivity index (χ0n) is 25.0. The summed E-state index contributed by atoms with van der Waals surface area (Å²) in [4.78, 5) is 32.9. The highest BCUT2D eigenvalue weighted by Crippen LogP contribution is 2.40. The van der Waals surface area contributed by atoms with Crippen molar-refractivity contribution < 1.29 is 19.8 Å². The van der Waals surface area contributed by atoms with Crippen molar-refractivity contribution in [2.24, 2.45) is 0 Å². The summed E-state index contributed by atoms with van der Waals surface area (Å²) >= 11 is 13.6. The van der Waals surface area contributed by atoms with E-state index in [1.54, 1.807) is 54.7 Å². The van der Waals surface area contributed by atoms with E-state index >= 15 is 0 Å². The molecule has 1 fully saturated rings. The fourth-order valence-electron chi connectivity index (χ4n) is 6.01. The number of amides is 2. The Morgan fingerprint density at radius 3 is 2.22 bits per heavy atom. The SMILES string of the molecule is O=C(Nc1cccc(-c2cccc(NC(=O)c3cc4n(n3)CCC[C@@H]4N3CC[C@@H](O)C3)c2Cl)c1Cl)c1ccc(CNCCO)cn1. The predicted octanol–water partition coefficient (Wildman–Crippen LogP) is 4.74. The number of nitrogens with one attached hydrogen (secondary N) is 3. The number of pyridine rings is 1. The van der Waals surface area contributed by atoms with E-state index < -0.39 is 5.91 Å². The molecule has 4 aromatic rings. The third-order valence-corrected chi connectivity index (χ3v) is 9.14. The molecule has 240 valence electrons. The molecule has 2 amide bonds. The standard InChI is InChI=1S/C33H35Cl2N7O4/c34-30-22(4-1-6-24(30)38-32(45)26-10-9-20(18-37-26)17-36-12-15-43)23-5-2-7-25(31(23)35)39-33(46)27-16-29-28(8-3-13-42(29)40-27)41-14-11-21(44)19-41/h1-2,4-7,9-10,16,18,21,28,36,43-44H,3,8,11-15,17,19H2,(H,38,45)(H,39,46)/t21-,28+/m1/s1. The fraction of sp³-hybridized carbons (Fsp3) is 0.333. The number of aryl methyl sites for hydroxylation is 1. The molecule has 0 unspecified atom stereocenters. The van der Waals surface area contributed by atoms with E-state index in [2.05, 4.69) is 30.9 Å². The molecule has 5 N–H and O–H groups in total. The van der Waals surface area contributed by atoms with Crippen LogP contribution in [0.4, 0.5) is 11.4 Å². The van der Waals surface area contributed by atoms with Gasteiger partial charge in [0.1, 0.15) is 5.69 Å². The van der Waals surface area contributed by atoms with E-state index in [9.17, 15) is 14.7 Å². The van der Waals surface area contributed by atoms with Gasteiger partial charge in [-0.1, -0.05) is 53.5 Å². The van der Waals surface area contributed by atoms with Gasteiger partial charge in [-0.15, -0.1) is 0 Å². The van der Waals surface area contributed by atoms with Gasteiger partial charge in [-0.3, -0.25) is 24.2 Å². The highest BCUT2D eigenvalue weighted by molar-refractivity contribution is 6.40. The van der Waals surface area contributed by atoms with E-state index in [1.807, 2.05) is 10.7 Å². The molecular weight excluding hydrogens is 629 g/mol. The van der Waals surface area contributed by atoms with Crippen LogP contribution in [0.25, 0.3) is 11.1 Å². The van der Waals surface area contributed by atoms with Crippen LogP contribution in [0.5, 0.6) is 0 Å². The maximum Gasteiger partial charge on any atom is 0.276 e. The predicted molar refractivity (Wildman–Crippen MR) is 177 cm³/mol. The summed E-state index contributed by atoms with van der Waals surface area (Å²) in [5.41, 5.74) is 4.33. The lowest BCUT2D eigenvalue weighted by molar-refractivity contribution is 0.101. The number of halogens is 2. The minimum absolute atomic E-state index is 0.0395. The molecular formula is C33H35Cl2N7O4. The minimum atomic E-state index is -0.424. The van der Waals surface area contributed by atoms with Crippen molar-refractivity contribution in [3.8, 4) is 11.1 Å². The van der Waals surface area contributed by atoms with Crippen LogP contribution in [-0.2, 0) is 13.1 Å². The van der Waals surface area contributed by atoms with E-state index in [0.29, 0.717) is 52.9 Å². The van der Waals surface area contributed by atoms with Crippen LogP contribution in [0.1, 0.15) is 57.5 Å². The Labute approximate surface area is 276 Å². The largest absolute Gasteiger partial charge is 0.395 e. The van der Waals surface area contributed by atoms with E-state index in [1.165, 1.54) is 0 Å². The zero-order chi connectivity index (χ0) is 32.2. The first-order valence-corrected chi connectivity index (χ1v) is 16.0. The molecule has 0 aliphatic carbocycles. The molecule has 2 aromatic carbocycles. The minimum Gasteiger partial charge on any atom is -0.395 e. The number of rotatable bonds is 10. The monoisotopic (exact) mass is 663 g/mol. The average Bonchev–Trinajstić information content (AvgIpc) is 3.70. The number of hydrogen-bond donors (Lipinski definition) is 5. The molecule has 2 aliphatic heterocycles. The number of likely N-dealkylation sites (tertiary alicyclic amines) is 1. The van der Waals surface area contributed by atoms with Crippen molar-refractivity contribution in [2.45, 2.75) is 44.5 Å². The van der Waals surface area contributed by atoms with Crippen LogP contribution in [-0.4, -0.2) is 74.0 Å². The van der Waals surface area contributed by atoms with Gasteiger partial charge in [0.05, 0.1) is 45.9 Å². The maximum atomic E-state index is 13.4. The summed E-state index contributed by atoms with van der Waals surface area (Å²) in [6.45, 7) is 3.22. The third-order valence-electron chi connectivity index (χ3n) is 8.33. The Balaban J connectivity index is 1.17. The average molecular weight is 665 g/mol. The Kier molecular flexibility index (Phi) is 9.98. The van der Waals surface area contributed by atoms with Crippen molar-refractivity contribution in [2.75, 3.05) is 36.9 Å². The molecule has 0 spiro atoms. The normalized spacial score (nSPS) is 17.9. The summed E-state index contributed by atoms with van der Waals surface area (Å²) < 4.78 is 1.89. The first kappa shape index (κ1) is 32.1. The third kappa shape index (κ3) is 6.95. The molecule has 0 bridgehead atoms. The quantitative estimate of drug-likeness (QED) is 0.153. The van der Waals surface area contributed by atoms with Crippen molar-refractivity contribution >= 4 is 46.4 Å². The van der Waals surface area contributed by atoms with Gasteiger partial charge in [0.25, 0.3) is 11.8 Å². The molecule has 0 radical (unpaired) electrons. The number of β-amino-alcohol motifs (C(OH)–C–C–N with tert-alkyl or cyclic N) is 1.